The molecule has 28 valence electrons. The Bertz CT molecular complexity index is 6.00. The average Bonchev–Trinajstić information content (AvgIpc) is 0.918. The average molecular weight is 302 g/mol. The maximum absolute atomic E-state index is 2.28. The summed E-state index contributed by atoms with van der Waals surface area (Å²) in [6.07, 6.45) is 0. The van der Waals surface area contributed by atoms with Crippen molar-refractivity contribution in [3.8, 4) is 0 Å². The van der Waals surface area contributed by atoms with Crippen molar-refractivity contribution in [1.29, 1.82) is 0 Å². The molecule has 0 saturated carbocycles. The first-order chi connectivity index (χ1) is 1.41. The molecule has 0 fully saturated rings. The van der Waals surface area contributed by atoms with E-state index in [-0.39, 0.29) is 9.90 Å². The summed E-state index contributed by atoms with van der Waals surface area (Å²) in [4.78, 5) is 0. The molecule has 0 aromatic rings. The van der Waals surface area contributed by atoms with Crippen LogP contribution in [0.25, 0.3) is 0 Å². The van der Waals surface area contributed by atoms with Gasteiger partial charge in [0.05, 0.1) is 2.43 Å². The Morgan fingerprint density at radius 1 is 1.25 bits per heavy atom. The number of alkyl halides is 2. The second-order valence-electron chi connectivity index (χ2n) is 0.101. The van der Waals surface area contributed by atoms with E-state index >= 15 is 0 Å². The first kappa shape index (κ1) is 9.31. The van der Waals surface area contributed by atoms with Crippen LogP contribution in [0.5, 0.6) is 0 Å². The Labute approximate surface area is 57.0 Å². The van der Waals surface area contributed by atoms with Crippen LogP contribution in [0.15, 0.2) is 0 Å². The minimum atomic E-state index is 0. The summed E-state index contributed by atoms with van der Waals surface area (Å²) in [5.41, 5.74) is 0. The molecule has 0 aliphatic carbocycles. The number of hydrogen-bond donors (Lipinski definition) is 0. The van der Waals surface area contributed by atoms with Gasteiger partial charge in [-0.1, -0.05) is 45.2 Å². The van der Waals surface area contributed by atoms with E-state index in [1.165, 1.54) is 2.43 Å². The fourth-order valence-electron chi connectivity index (χ4n) is 0. The van der Waals surface area contributed by atoms with Crippen LogP contribution in [0.2, 0.25) is 0 Å². The van der Waals surface area contributed by atoms with Gasteiger partial charge in [0.15, 0.2) is 0 Å². The summed E-state index contributed by atoms with van der Waals surface area (Å²) < 4.78 is 1.19. The van der Waals surface area contributed by atoms with E-state index < -0.39 is 0 Å². The molecule has 4 heavy (non-hydrogen) atoms. The summed E-state index contributed by atoms with van der Waals surface area (Å²) in [5.74, 6) is 0. The van der Waals surface area contributed by atoms with Gasteiger partial charge in [0.25, 0.3) is 0 Å². The topological polar surface area (TPSA) is 0 Å². The van der Waals surface area contributed by atoms with E-state index in [2.05, 4.69) is 45.2 Å². The van der Waals surface area contributed by atoms with Crippen molar-refractivity contribution in [2.24, 2.45) is 0 Å². The van der Waals surface area contributed by atoms with Crippen LogP contribution in [0.4, 0.5) is 0 Å². The van der Waals surface area contributed by atoms with Crippen molar-refractivity contribution >= 4 is 55.1 Å². The Morgan fingerprint density at radius 3 is 1.25 bits per heavy atom. The third-order valence-corrected chi connectivity index (χ3v) is 0. The number of halogens is 2. The summed E-state index contributed by atoms with van der Waals surface area (Å²) in [7, 11) is 0. The molecule has 0 spiro atoms. The lowest BCUT2D eigenvalue weighted by Crippen LogP contribution is -1.17. The molecule has 1 atom stereocenters. The van der Waals surface area contributed by atoms with Crippen molar-refractivity contribution in [2.45, 2.75) is 0 Å². The lowest BCUT2D eigenvalue weighted by molar-refractivity contribution is 2.58. The van der Waals surface area contributed by atoms with E-state index in [0.29, 0.717) is 0 Å². The Morgan fingerprint density at radius 2 is 1.25 bits per heavy atom. The zero-order chi connectivity index (χ0) is 2.71. The fourth-order valence-corrected chi connectivity index (χ4v) is 0. The highest BCUT2D eigenvalue weighted by Crippen LogP contribution is 1.86. The molecule has 3 heteroatoms. The summed E-state index contributed by atoms with van der Waals surface area (Å²) in [6, 6.07) is 0. The molecular weight excluding hydrogens is 297 g/mol. The van der Waals surface area contributed by atoms with E-state index in [4.69, 9.17) is 0 Å². The third-order valence-electron chi connectivity index (χ3n) is 0. The molecule has 0 aliphatic heterocycles. The Balaban J connectivity index is 0. The molecule has 0 aromatic carbocycles. The molecule has 0 rings (SSSR count). The van der Waals surface area contributed by atoms with E-state index in [1.807, 2.05) is 0 Å². The summed E-state index contributed by atoms with van der Waals surface area (Å²) in [6.45, 7) is 0. The highest BCUT2D eigenvalue weighted by atomic mass is 127. The quantitative estimate of drug-likeness (QED) is 0.364. The molecule has 0 N–H and O–H groups in total. The van der Waals surface area contributed by atoms with Gasteiger partial charge in [-0.2, -0.15) is 9.90 Å². The second kappa shape index (κ2) is 8.86. The van der Waals surface area contributed by atoms with Crippen molar-refractivity contribution in [3.63, 3.8) is 0 Å². The van der Waals surface area contributed by atoms with Gasteiger partial charge in [0, 0.05) is 0 Å². The van der Waals surface area contributed by atoms with Gasteiger partial charge in [-0.3, -0.25) is 0 Å². The van der Waals surface area contributed by atoms with Gasteiger partial charge < -0.3 is 0 Å². The van der Waals surface area contributed by atoms with Gasteiger partial charge in [0.2, 0.25) is 0 Å². The number of hydrogen-bond acceptors (Lipinski definition) is 0. The van der Waals surface area contributed by atoms with Crippen molar-refractivity contribution < 1.29 is 0 Å². The molecule has 0 heterocycles. The third kappa shape index (κ3) is 9.10. The first-order valence-electron chi connectivity index (χ1n) is 0.535. The second-order valence-corrected chi connectivity index (χ2v) is 4.55. The monoisotopic (exact) mass is 302 g/mol. The smallest absolute Gasteiger partial charge is 0.0516 e. The number of rotatable bonds is 0. The van der Waals surface area contributed by atoms with Crippen LogP contribution in [0, 0.1) is 0 Å². The SMILES string of the molecule is ICI.P. The predicted octanol–water partition coefficient (Wildman–Crippen LogP) is 1.87. The standard InChI is InChI=1S/CH2I2.H3P/c2-1-3;/h1H2;1H3. The Kier molecular flexibility index (Phi) is 20.6. The maximum Gasteiger partial charge on any atom is 0.0516 e. The van der Waals surface area contributed by atoms with Crippen LogP contribution >= 0.6 is 55.1 Å². The molecule has 0 aromatic heterocycles. The van der Waals surface area contributed by atoms with E-state index in [1.54, 1.807) is 0 Å². The van der Waals surface area contributed by atoms with Crippen LogP contribution in [-0.4, -0.2) is 2.43 Å². The fraction of sp³-hybridized carbons (Fsp3) is 1.00. The van der Waals surface area contributed by atoms with Gasteiger partial charge in [-0.25, -0.2) is 0 Å². The minimum Gasteiger partial charge on any atom is -0.153 e. The molecule has 0 radical (unpaired) electrons. The molecule has 1 unspecified atom stereocenters. The van der Waals surface area contributed by atoms with Crippen LogP contribution in [-0.2, 0) is 0 Å². The predicted molar refractivity (Wildman–Crippen MR) is 44.0 cm³/mol. The van der Waals surface area contributed by atoms with Crippen molar-refractivity contribution in [1.82, 2.24) is 0 Å². The highest BCUT2D eigenvalue weighted by molar-refractivity contribution is 14.2. The lowest BCUT2D eigenvalue weighted by atomic mass is 12.0. The van der Waals surface area contributed by atoms with E-state index in [0.717, 1.165) is 0 Å². The normalized spacial score (nSPS) is 4.50. The largest absolute Gasteiger partial charge is 0.153 e. The van der Waals surface area contributed by atoms with Crippen LogP contribution in [0.1, 0.15) is 0 Å². The molecule has 0 bridgehead atoms. The zero-order valence-corrected chi connectivity index (χ0v) is 7.90. The molecule has 0 nitrogen and oxygen atoms in total. The molecule has 0 amide bonds. The first-order valence-corrected chi connectivity index (χ1v) is 3.59. The van der Waals surface area contributed by atoms with E-state index in [9.17, 15) is 0 Å². The van der Waals surface area contributed by atoms with Crippen LogP contribution < -0.4 is 0 Å². The molecular formula is CH5I2P. The highest BCUT2D eigenvalue weighted by Gasteiger charge is 1.40. The summed E-state index contributed by atoms with van der Waals surface area (Å²) in [5, 5.41) is 0. The zero-order valence-electron chi connectivity index (χ0n) is 2.17. The van der Waals surface area contributed by atoms with Gasteiger partial charge in [-0.05, 0) is 0 Å². The lowest BCUT2D eigenvalue weighted by Gasteiger charge is -1.43. The van der Waals surface area contributed by atoms with Crippen LogP contribution in [0.3, 0.4) is 0 Å². The minimum absolute atomic E-state index is 0. The van der Waals surface area contributed by atoms with Crippen molar-refractivity contribution in [3.05, 3.63) is 0 Å². The van der Waals surface area contributed by atoms with Gasteiger partial charge >= 0.3 is 0 Å². The summed E-state index contributed by atoms with van der Waals surface area (Å²) >= 11 is 4.55. The van der Waals surface area contributed by atoms with Gasteiger partial charge in [-0.15, -0.1) is 0 Å². The molecule has 0 aliphatic rings. The molecule has 0 saturated heterocycles. The van der Waals surface area contributed by atoms with Crippen molar-refractivity contribution in [2.75, 3.05) is 2.43 Å². The maximum atomic E-state index is 2.28. The van der Waals surface area contributed by atoms with Gasteiger partial charge in [0.1, 0.15) is 0 Å². The Hall–Kier alpha value is 1.89.